The Morgan fingerprint density at radius 2 is 1.79 bits per heavy atom. The molecule has 2 aliphatic rings. The highest BCUT2D eigenvalue weighted by molar-refractivity contribution is 5.79. The molecule has 0 aromatic heterocycles. The first kappa shape index (κ1) is 21.6. The number of carboxylic acids is 1. The number of aliphatic carboxylic acids is 1. The average Bonchev–Trinajstić information content (AvgIpc) is 2.97. The third-order valence-electron chi connectivity index (χ3n) is 6.85. The number of carbonyl (C=O) groups is 2. The fourth-order valence-corrected chi connectivity index (χ4v) is 5.10. The molecule has 7 heteroatoms. The number of benzene rings is 1. The molecule has 160 valence electrons. The molecule has 1 aromatic carbocycles. The standard InChI is InChI=1S/C22H33N3O4/c1-23(2)22(18-7-5-4-6-8-18)12-10-21(11-13-22)17-24(14-9-19(26)27)20(28)25(21)15-16-29-3/h4-8H,9-17H2,1-3H3,(H,26,27)/t21-,22+. The van der Waals surface area contributed by atoms with E-state index in [0.29, 0.717) is 19.7 Å². The zero-order valence-corrected chi connectivity index (χ0v) is 17.8. The van der Waals surface area contributed by atoms with Crippen molar-refractivity contribution in [3.8, 4) is 0 Å². The van der Waals surface area contributed by atoms with Crippen LogP contribution in [-0.4, -0.2) is 84.8 Å². The van der Waals surface area contributed by atoms with Crippen LogP contribution in [0.15, 0.2) is 30.3 Å². The topological polar surface area (TPSA) is 73.3 Å². The molecule has 0 bridgehead atoms. The molecule has 1 aliphatic heterocycles. The Hall–Kier alpha value is -2.12. The maximum atomic E-state index is 13.1. The summed E-state index contributed by atoms with van der Waals surface area (Å²) in [6, 6.07) is 10.5. The van der Waals surface area contributed by atoms with Crippen molar-refractivity contribution in [3.05, 3.63) is 35.9 Å². The number of urea groups is 1. The Bertz CT molecular complexity index is 714. The van der Waals surface area contributed by atoms with E-state index in [2.05, 4.69) is 43.3 Å². The molecule has 1 N–H and O–H groups in total. The van der Waals surface area contributed by atoms with Crippen LogP contribution in [0.25, 0.3) is 0 Å². The summed E-state index contributed by atoms with van der Waals surface area (Å²) in [4.78, 5) is 30.1. The van der Waals surface area contributed by atoms with Crippen LogP contribution in [0.4, 0.5) is 4.79 Å². The molecule has 3 rings (SSSR count). The number of nitrogens with zero attached hydrogens (tertiary/aromatic N) is 3. The number of ether oxygens (including phenoxy) is 1. The van der Waals surface area contributed by atoms with Crippen molar-refractivity contribution < 1.29 is 19.4 Å². The quantitative estimate of drug-likeness (QED) is 0.722. The summed E-state index contributed by atoms with van der Waals surface area (Å²) in [6.45, 7) is 1.88. The van der Waals surface area contributed by atoms with Gasteiger partial charge in [-0.2, -0.15) is 0 Å². The summed E-state index contributed by atoms with van der Waals surface area (Å²) >= 11 is 0. The lowest BCUT2D eigenvalue weighted by molar-refractivity contribution is -0.137. The first-order valence-electron chi connectivity index (χ1n) is 10.3. The van der Waals surface area contributed by atoms with Gasteiger partial charge in [0.1, 0.15) is 0 Å². The summed E-state index contributed by atoms with van der Waals surface area (Å²) in [6.07, 6.45) is 3.66. The van der Waals surface area contributed by atoms with E-state index in [1.807, 2.05) is 11.0 Å². The van der Waals surface area contributed by atoms with E-state index in [1.54, 1.807) is 12.0 Å². The average molecular weight is 404 g/mol. The smallest absolute Gasteiger partial charge is 0.320 e. The molecule has 29 heavy (non-hydrogen) atoms. The molecule has 1 spiro atoms. The molecule has 2 fully saturated rings. The number of hydrogen-bond donors (Lipinski definition) is 1. The number of methoxy groups -OCH3 is 1. The molecule has 1 saturated heterocycles. The van der Waals surface area contributed by atoms with Crippen molar-refractivity contribution in [3.63, 3.8) is 0 Å². The van der Waals surface area contributed by atoms with Crippen LogP contribution >= 0.6 is 0 Å². The van der Waals surface area contributed by atoms with E-state index >= 15 is 0 Å². The van der Waals surface area contributed by atoms with Gasteiger partial charge >= 0.3 is 12.0 Å². The zero-order chi connectivity index (χ0) is 21.1. The summed E-state index contributed by atoms with van der Waals surface area (Å²) in [5, 5.41) is 9.05. The normalized spacial score (nSPS) is 27.2. The highest BCUT2D eigenvalue weighted by Crippen LogP contribution is 2.48. The van der Waals surface area contributed by atoms with Gasteiger partial charge in [0.05, 0.1) is 18.6 Å². The molecule has 1 heterocycles. The number of rotatable bonds is 8. The largest absolute Gasteiger partial charge is 0.481 e. The Morgan fingerprint density at radius 3 is 2.34 bits per heavy atom. The highest BCUT2D eigenvalue weighted by atomic mass is 16.5. The minimum atomic E-state index is -0.874. The van der Waals surface area contributed by atoms with Gasteiger partial charge in [-0.3, -0.25) is 9.69 Å². The number of amides is 2. The van der Waals surface area contributed by atoms with Gasteiger partial charge in [0.15, 0.2) is 0 Å². The molecule has 1 aromatic rings. The van der Waals surface area contributed by atoms with E-state index in [1.165, 1.54) is 5.56 Å². The second-order valence-electron chi connectivity index (χ2n) is 8.51. The van der Waals surface area contributed by atoms with Crippen molar-refractivity contribution in [2.24, 2.45) is 0 Å². The van der Waals surface area contributed by atoms with Crippen LogP contribution in [0.5, 0.6) is 0 Å². The summed E-state index contributed by atoms with van der Waals surface area (Å²) in [7, 11) is 5.90. The lowest BCUT2D eigenvalue weighted by atomic mass is 9.68. The van der Waals surface area contributed by atoms with E-state index in [0.717, 1.165) is 25.7 Å². The van der Waals surface area contributed by atoms with Gasteiger partial charge in [-0.1, -0.05) is 30.3 Å². The van der Waals surface area contributed by atoms with Crippen LogP contribution < -0.4 is 0 Å². The van der Waals surface area contributed by atoms with Gasteiger partial charge in [0.25, 0.3) is 0 Å². The van der Waals surface area contributed by atoms with E-state index in [-0.39, 0.29) is 30.1 Å². The third-order valence-corrected chi connectivity index (χ3v) is 6.85. The van der Waals surface area contributed by atoms with Crippen LogP contribution in [0.2, 0.25) is 0 Å². The van der Waals surface area contributed by atoms with Crippen molar-refractivity contribution >= 4 is 12.0 Å². The second-order valence-corrected chi connectivity index (χ2v) is 8.51. The van der Waals surface area contributed by atoms with Crippen LogP contribution in [0.3, 0.4) is 0 Å². The molecular weight excluding hydrogens is 370 g/mol. The zero-order valence-electron chi connectivity index (χ0n) is 17.8. The maximum absolute atomic E-state index is 13.1. The van der Waals surface area contributed by atoms with Crippen molar-refractivity contribution in [1.82, 2.24) is 14.7 Å². The van der Waals surface area contributed by atoms with Crippen LogP contribution in [-0.2, 0) is 15.1 Å². The first-order chi connectivity index (χ1) is 13.8. The molecule has 0 unspecified atom stereocenters. The molecule has 1 saturated carbocycles. The lowest BCUT2D eigenvalue weighted by Crippen LogP contribution is -2.56. The number of hydrogen-bond acceptors (Lipinski definition) is 4. The molecule has 7 nitrogen and oxygen atoms in total. The predicted molar refractivity (Wildman–Crippen MR) is 111 cm³/mol. The molecular formula is C22H33N3O4. The lowest BCUT2D eigenvalue weighted by Gasteiger charge is -2.51. The van der Waals surface area contributed by atoms with Gasteiger partial charge in [-0.25, -0.2) is 4.79 Å². The van der Waals surface area contributed by atoms with Crippen molar-refractivity contribution in [2.75, 3.05) is 47.4 Å². The van der Waals surface area contributed by atoms with Gasteiger partial charge in [-0.15, -0.1) is 0 Å². The van der Waals surface area contributed by atoms with Gasteiger partial charge in [0, 0.05) is 32.3 Å². The van der Waals surface area contributed by atoms with E-state index in [9.17, 15) is 9.59 Å². The third kappa shape index (κ3) is 4.12. The molecule has 1 aliphatic carbocycles. The Kier molecular flexibility index (Phi) is 6.49. The molecule has 2 amide bonds. The molecule has 0 atom stereocenters. The minimum Gasteiger partial charge on any atom is -0.481 e. The Morgan fingerprint density at radius 1 is 1.14 bits per heavy atom. The van der Waals surface area contributed by atoms with Crippen molar-refractivity contribution in [1.29, 1.82) is 0 Å². The van der Waals surface area contributed by atoms with Crippen LogP contribution in [0, 0.1) is 0 Å². The monoisotopic (exact) mass is 403 g/mol. The van der Waals surface area contributed by atoms with Gasteiger partial charge in [-0.05, 0) is 45.3 Å². The highest BCUT2D eigenvalue weighted by Gasteiger charge is 2.54. The summed E-state index contributed by atoms with van der Waals surface area (Å²) in [5.41, 5.74) is 1.02. The van der Waals surface area contributed by atoms with Gasteiger partial charge in [0.2, 0.25) is 0 Å². The van der Waals surface area contributed by atoms with Crippen LogP contribution in [0.1, 0.15) is 37.7 Å². The summed E-state index contributed by atoms with van der Waals surface area (Å²) in [5.74, 6) is -0.874. The first-order valence-corrected chi connectivity index (χ1v) is 10.3. The van der Waals surface area contributed by atoms with Gasteiger partial charge < -0.3 is 19.6 Å². The Labute approximate surface area is 173 Å². The fraction of sp³-hybridized carbons (Fsp3) is 0.636. The number of carbonyl (C=O) groups excluding carboxylic acids is 1. The van der Waals surface area contributed by atoms with E-state index < -0.39 is 5.97 Å². The maximum Gasteiger partial charge on any atom is 0.320 e. The summed E-state index contributed by atoms with van der Waals surface area (Å²) < 4.78 is 5.25. The second kappa shape index (κ2) is 8.71. The predicted octanol–water partition coefficient (Wildman–Crippen LogP) is 2.62. The minimum absolute atomic E-state index is 0.0222. The van der Waals surface area contributed by atoms with Crippen molar-refractivity contribution in [2.45, 2.75) is 43.2 Å². The number of carboxylic acid groups (broad SMARTS) is 1. The molecule has 0 radical (unpaired) electrons. The fourth-order valence-electron chi connectivity index (χ4n) is 5.10. The Balaban J connectivity index is 1.83. The SMILES string of the molecule is COCCN1C(=O)N(CCC(=O)O)C[C@]12CC[C@](c1ccccc1)(N(C)C)CC2. The van der Waals surface area contributed by atoms with E-state index in [4.69, 9.17) is 9.84 Å².